The summed E-state index contributed by atoms with van der Waals surface area (Å²) in [5, 5.41) is 6.33. The van der Waals surface area contributed by atoms with Crippen LogP contribution in [-0.2, 0) is 0 Å². The summed E-state index contributed by atoms with van der Waals surface area (Å²) in [6.07, 6.45) is 2.17. The summed E-state index contributed by atoms with van der Waals surface area (Å²) in [6, 6.07) is 5.82. The van der Waals surface area contributed by atoms with Gasteiger partial charge in [0.1, 0.15) is 0 Å². The van der Waals surface area contributed by atoms with Gasteiger partial charge < -0.3 is 10.6 Å². The van der Waals surface area contributed by atoms with E-state index >= 15 is 0 Å². The minimum atomic E-state index is -0.0132. The zero-order chi connectivity index (χ0) is 12.3. The van der Waals surface area contributed by atoms with E-state index in [0.717, 1.165) is 34.9 Å². The van der Waals surface area contributed by atoms with E-state index < -0.39 is 0 Å². The Morgan fingerprint density at radius 2 is 2.00 bits per heavy atom. The summed E-state index contributed by atoms with van der Waals surface area (Å²) >= 11 is 6.77. The molecule has 0 saturated carbocycles. The Hall–Kier alpha value is -0.390. The minimum Gasteiger partial charge on any atom is -0.348 e. The van der Waals surface area contributed by atoms with Gasteiger partial charge in [0.15, 0.2) is 0 Å². The third-order valence-corrected chi connectivity index (χ3v) is 3.67. The van der Waals surface area contributed by atoms with Gasteiger partial charge in [0, 0.05) is 27.1 Å². The maximum Gasteiger partial charge on any atom is 0.251 e. The number of halogens is 2. The Kier molecular flexibility index (Phi) is 4.59. The molecule has 1 fully saturated rings. The topological polar surface area (TPSA) is 41.1 Å². The smallest absolute Gasteiger partial charge is 0.251 e. The number of amides is 1. The quantitative estimate of drug-likeness (QED) is 0.850. The van der Waals surface area contributed by atoms with Crippen molar-refractivity contribution < 1.29 is 4.79 Å². The number of rotatable bonds is 2. The van der Waals surface area contributed by atoms with Crippen LogP contribution >= 0.6 is 31.9 Å². The lowest BCUT2D eigenvalue weighted by atomic mass is 10.1. The molecule has 1 saturated heterocycles. The highest BCUT2D eigenvalue weighted by molar-refractivity contribution is 9.11. The number of carbonyl (C=O) groups is 1. The van der Waals surface area contributed by atoms with Gasteiger partial charge in [-0.25, -0.2) is 0 Å². The SMILES string of the molecule is O=C(N[C@H]1CCCNC1)c1cc(Br)cc(Br)c1. The number of carbonyl (C=O) groups excluding carboxylic acids is 1. The average molecular weight is 362 g/mol. The zero-order valence-electron chi connectivity index (χ0n) is 9.30. The highest BCUT2D eigenvalue weighted by Crippen LogP contribution is 2.20. The fourth-order valence-electron chi connectivity index (χ4n) is 1.93. The highest BCUT2D eigenvalue weighted by atomic mass is 79.9. The molecular weight excluding hydrogens is 348 g/mol. The second-order valence-corrected chi connectivity index (χ2v) is 6.01. The van der Waals surface area contributed by atoms with E-state index in [9.17, 15) is 4.79 Å². The molecule has 3 nitrogen and oxygen atoms in total. The van der Waals surface area contributed by atoms with Crippen molar-refractivity contribution in [2.75, 3.05) is 13.1 Å². The molecule has 5 heteroatoms. The first-order chi connectivity index (χ1) is 8.15. The molecule has 92 valence electrons. The van der Waals surface area contributed by atoms with E-state index in [-0.39, 0.29) is 11.9 Å². The molecule has 17 heavy (non-hydrogen) atoms. The van der Waals surface area contributed by atoms with E-state index in [1.54, 1.807) is 0 Å². The number of piperidine rings is 1. The van der Waals surface area contributed by atoms with Gasteiger partial charge in [-0.05, 0) is 37.6 Å². The number of hydrogen-bond donors (Lipinski definition) is 2. The Bertz CT molecular complexity index is 397. The van der Waals surface area contributed by atoms with Gasteiger partial charge in [0.05, 0.1) is 0 Å². The zero-order valence-corrected chi connectivity index (χ0v) is 12.5. The number of hydrogen-bond acceptors (Lipinski definition) is 2. The molecule has 1 aliphatic rings. The molecule has 0 radical (unpaired) electrons. The molecule has 1 aliphatic heterocycles. The van der Waals surface area contributed by atoms with Crippen LogP contribution < -0.4 is 10.6 Å². The summed E-state index contributed by atoms with van der Waals surface area (Å²) in [7, 11) is 0. The maximum atomic E-state index is 12.0. The van der Waals surface area contributed by atoms with Crippen LogP contribution in [-0.4, -0.2) is 25.0 Å². The lowest BCUT2D eigenvalue weighted by molar-refractivity contribution is 0.0930. The molecule has 2 rings (SSSR count). The minimum absolute atomic E-state index is 0.0132. The van der Waals surface area contributed by atoms with E-state index in [2.05, 4.69) is 42.5 Å². The molecule has 0 spiro atoms. The average Bonchev–Trinajstić information content (AvgIpc) is 2.29. The molecule has 0 bridgehead atoms. The van der Waals surface area contributed by atoms with Crippen molar-refractivity contribution in [1.82, 2.24) is 10.6 Å². The first-order valence-corrected chi connectivity index (χ1v) is 7.21. The van der Waals surface area contributed by atoms with Crippen LogP contribution in [0, 0.1) is 0 Å². The monoisotopic (exact) mass is 360 g/mol. The molecule has 0 aliphatic carbocycles. The van der Waals surface area contributed by atoms with Gasteiger partial charge in [-0.2, -0.15) is 0 Å². The molecular formula is C12H14Br2N2O. The van der Waals surface area contributed by atoms with Gasteiger partial charge in [-0.15, -0.1) is 0 Å². The van der Waals surface area contributed by atoms with Crippen LogP contribution in [0.25, 0.3) is 0 Å². The summed E-state index contributed by atoms with van der Waals surface area (Å²) in [6.45, 7) is 1.91. The van der Waals surface area contributed by atoms with Crippen LogP contribution in [0.2, 0.25) is 0 Å². The summed E-state index contributed by atoms with van der Waals surface area (Å²) in [5.74, 6) is -0.0132. The molecule has 1 aromatic rings. The van der Waals surface area contributed by atoms with Crippen molar-refractivity contribution in [1.29, 1.82) is 0 Å². The van der Waals surface area contributed by atoms with Crippen molar-refractivity contribution in [2.45, 2.75) is 18.9 Å². The van der Waals surface area contributed by atoms with E-state index in [1.807, 2.05) is 18.2 Å². The Balaban J connectivity index is 2.03. The normalized spacial score (nSPS) is 20.0. The third kappa shape index (κ3) is 3.79. The molecule has 1 aromatic carbocycles. The Morgan fingerprint density at radius 3 is 2.59 bits per heavy atom. The largest absolute Gasteiger partial charge is 0.348 e. The van der Waals surface area contributed by atoms with Gasteiger partial charge in [-0.3, -0.25) is 4.79 Å². The van der Waals surface area contributed by atoms with Gasteiger partial charge in [0.2, 0.25) is 0 Å². The maximum absolute atomic E-state index is 12.0. The van der Waals surface area contributed by atoms with Crippen molar-refractivity contribution in [3.05, 3.63) is 32.7 Å². The first-order valence-electron chi connectivity index (χ1n) is 5.63. The van der Waals surface area contributed by atoms with Crippen molar-refractivity contribution in [2.24, 2.45) is 0 Å². The molecule has 1 amide bonds. The summed E-state index contributed by atoms with van der Waals surface area (Å²) in [4.78, 5) is 12.0. The van der Waals surface area contributed by atoms with E-state index in [0.29, 0.717) is 5.56 Å². The summed E-state index contributed by atoms with van der Waals surface area (Å²) < 4.78 is 1.80. The number of benzene rings is 1. The lowest BCUT2D eigenvalue weighted by Crippen LogP contribution is -2.45. The Labute approximate surface area is 118 Å². The van der Waals surface area contributed by atoms with Crippen molar-refractivity contribution in [3.63, 3.8) is 0 Å². The molecule has 0 aromatic heterocycles. The van der Waals surface area contributed by atoms with Crippen LogP contribution in [0.5, 0.6) is 0 Å². The van der Waals surface area contributed by atoms with E-state index in [1.165, 1.54) is 0 Å². The predicted octanol–water partition coefficient (Wildman–Crippen LogP) is 2.69. The molecule has 2 N–H and O–H groups in total. The third-order valence-electron chi connectivity index (χ3n) is 2.76. The van der Waals surface area contributed by atoms with E-state index in [4.69, 9.17) is 0 Å². The summed E-state index contributed by atoms with van der Waals surface area (Å²) in [5.41, 5.74) is 0.678. The van der Waals surface area contributed by atoms with Crippen LogP contribution in [0.15, 0.2) is 27.1 Å². The van der Waals surface area contributed by atoms with Crippen LogP contribution in [0.4, 0.5) is 0 Å². The molecule has 1 atom stereocenters. The van der Waals surface area contributed by atoms with Gasteiger partial charge in [0.25, 0.3) is 5.91 Å². The first kappa shape index (κ1) is 13.1. The molecule has 0 unspecified atom stereocenters. The van der Waals surface area contributed by atoms with Crippen molar-refractivity contribution >= 4 is 37.8 Å². The fourth-order valence-corrected chi connectivity index (χ4v) is 3.22. The second kappa shape index (κ2) is 5.98. The predicted molar refractivity (Wildman–Crippen MR) is 75.2 cm³/mol. The second-order valence-electron chi connectivity index (χ2n) is 4.17. The lowest BCUT2D eigenvalue weighted by Gasteiger charge is -2.23. The van der Waals surface area contributed by atoms with Crippen LogP contribution in [0.1, 0.15) is 23.2 Å². The van der Waals surface area contributed by atoms with Gasteiger partial charge in [-0.1, -0.05) is 31.9 Å². The fraction of sp³-hybridized carbons (Fsp3) is 0.417. The molecule has 1 heterocycles. The standard InChI is InChI=1S/C12H14Br2N2O/c13-9-4-8(5-10(14)6-9)12(17)16-11-2-1-3-15-7-11/h4-6,11,15H,1-3,7H2,(H,16,17)/t11-/m0/s1. The van der Waals surface area contributed by atoms with Crippen molar-refractivity contribution in [3.8, 4) is 0 Å². The Morgan fingerprint density at radius 1 is 1.29 bits per heavy atom. The van der Waals surface area contributed by atoms with Gasteiger partial charge >= 0.3 is 0 Å². The van der Waals surface area contributed by atoms with Crippen LogP contribution in [0.3, 0.4) is 0 Å². The number of nitrogens with one attached hydrogen (secondary N) is 2. The highest BCUT2D eigenvalue weighted by Gasteiger charge is 2.16.